The Labute approximate surface area is 153 Å². The van der Waals surface area contributed by atoms with Crippen molar-refractivity contribution in [1.29, 1.82) is 5.26 Å². The molecule has 2 N–H and O–H groups in total. The van der Waals surface area contributed by atoms with Crippen LogP contribution in [-0.4, -0.2) is 22.7 Å². The van der Waals surface area contributed by atoms with Crippen LogP contribution in [0.5, 0.6) is 0 Å². The van der Waals surface area contributed by atoms with Gasteiger partial charge < -0.3 is 15.2 Å². The van der Waals surface area contributed by atoms with E-state index in [9.17, 15) is 14.9 Å². The molecule has 0 amide bonds. The van der Waals surface area contributed by atoms with E-state index in [2.05, 4.69) is 15.9 Å². The van der Waals surface area contributed by atoms with Crippen LogP contribution >= 0.6 is 28.1 Å². The van der Waals surface area contributed by atoms with Gasteiger partial charge in [0.1, 0.15) is 5.92 Å². The van der Waals surface area contributed by atoms with Crippen LogP contribution in [-0.2, 0) is 19.1 Å². The molecule has 1 aromatic carbocycles. The van der Waals surface area contributed by atoms with E-state index in [1.807, 2.05) is 6.07 Å². The van der Waals surface area contributed by atoms with Gasteiger partial charge >= 0.3 is 11.9 Å². The largest absolute Gasteiger partial charge is 0.422 e. The minimum absolute atomic E-state index is 0.101. The highest BCUT2D eigenvalue weighted by molar-refractivity contribution is 9.10. The molecule has 8 heteroatoms. The Morgan fingerprint density at radius 1 is 1.29 bits per heavy atom. The zero-order valence-corrected chi connectivity index (χ0v) is 15.4. The van der Waals surface area contributed by atoms with Crippen molar-refractivity contribution in [3.8, 4) is 6.07 Å². The summed E-state index contributed by atoms with van der Waals surface area (Å²) in [6.45, 7) is 2.92. The zero-order chi connectivity index (χ0) is 18.1. The van der Waals surface area contributed by atoms with E-state index in [0.717, 1.165) is 4.47 Å². The van der Waals surface area contributed by atoms with Crippen molar-refractivity contribution in [3.63, 3.8) is 0 Å². The summed E-state index contributed by atoms with van der Waals surface area (Å²) in [6, 6.07) is 8.84. The lowest BCUT2D eigenvalue weighted by Gasteiger charge is -2.37. The summed E-state index contributed by atoms with van der Waals surface area (Å²) in [6.07, 6.45) is 0. The Morgan fingerprint density at radius 3 is 2.21 bits per heavy atom. The minimum atomic E-state index is -1.35. The number of nitrogens with two attached hydrogens (primary N) is 1. The summed E-state index contributed by atoms with van der Waals surface area (Å²) in [5.41, 5.74) is 6.23. The third-order valence-electron chi connectivity index (χ3n) is 3.62. The zero-order valence-electron chi connectivity index (χ0n) is 13.0. The summed E-state index contributed by atoms with van der Waals surface area (Å²) in [7, 11) is 0. The maximum atomic E-state index is 12.4. The number of cyclic esters (lactones) is 2. The van der Waals surface area contributed by atoms with E-state index in [1.165, 1.54) is 13.8 Å². The van der Waals surface area contributed by atoms with Crippen LogP contribution in [0.1, 0.15) is 25.3 Å². The van der Waals surface area contributed by atoms with Crippen molar-refractivity contribution in [3.05, 3.63) is 34.3 Å². The Morgan fingerprint density at radius 2 is 1.79 bits per heavy atom. The Balaban J connectivity index is 2.52. The van der Waals surface area contributed by atoms with Gasteiger partial charge in [-0.15, -0.1) is 0 Å². The molecule has 1 fully saturated rings. The molecule has 1 aromatic rings. The van der Waals surface area contributed by atoms with Gasteiger partial charge in [0.2, 0.25) is 0 Å². The van der Waals surface area contributed by atoms with E-state index in [4.69, 9.17) is 27.4 Å². The Bertz CT molecular complexity index is 707. The number of thiocarbonyl (C=S) groups is 1. The van der Waals surface area contributed by atoms with Crippen molar-refractivity contribution in [2.45, 2.75) is 25.6 Å². The molecule has 0 spiro atoms. The monoisotopic (exact) mass is 410 g/mol. The van der Waals surface area contributed by atoms with Gasteiger partial charge in [0.25, 0.3) is 5.79 Å². The quantitative estimate of drug-likeness (QED) is 0.461. The Kier molecular flexibility index (Phi) is 5.26. The summed E-state index contributed by atoms with van der Waals surface area (Å²) in [5.74, 6) is -6.10. The first-order chi connectivity index (χ1) is 11.2. The molecule has 126 valence electrons. The van der Waals surface area contributed by atoms with Gasteiger partial charge in [-0.25, -0.2) is 0 Å². The second-order valence-corrected chi connectivity index (χ2v) is 7.19. The number of hydrogen-bond acceptors (Lipinski definition) is 6. The number of ether oxygens (including phenoxy) is 2. The number of carbonyl (C=O) groups excluding carboxylic acids is 2. The highest BCUT2D eigenvalue weighted by Gasteiger charge is 2.50. The number of benzene rings is 1. The van der Waals surface area contributed by atoms with E-state index >= 15 is 0 Å². The summed E-state index contributed by atoms with van der Waals surface area (Å²) in [4.78, 5) is 24.7. The van der Waals surface area contributed by atoms with E-state index in [-0.39, 0.29) is 4.99 Å². The molecule has 0 unspecified atom stereocenters. The van der Waals surface area contributed by atoms with Crippen LogP contribution in [0, 0.1) is 23.2 Å². The van der Waals surface area contributed by atoms with Gasteiger partial charge in [0, 0.05) is 24.2 Å². The minimum Gasteiger partial charge on any atom is -0.422 e. The fourth-order valence-corrected chi connectivity index (χ4v) is 3.07. The second kappa shape index (κ2) is 6.87. The number of rotatable bonds is 4. The van der Waals surface area contributed by atoms with Gasteiger partial charge in [-0.3, -0.25) is 9.59 Å². The van der Waals surface area contributed by atoms with E-state index < -0.39 is 35.5 Å². The molecule has 2 atom stereocenters. The van der Waals surface area contributed by atoms with Crippen molar-refractivity contribution in [1.82, 2.24) is 0 Å². The molecule has 2 rings (SSSR count). The average Bonchev–Trinajstić information content (AvgIpc) is 2.45. The molecule has 1 aliphatic heterocycles. The Hall–Kier alpha value is -1.98. The fraction of sp³-hybridized carbons (Fsp3) is 0.375. The maximum absolute atomic E-state index is 12.4. The average molecular weight is 411 g/mol. The lowest BCUT2D eigenvalue weighted by molar-refractivity contribution is -0.241. The number of carbonyl (C=O) groups is 2. The van der Waals surface area contributed by atoms with Crippen LogP contribution in [0.3, 0.4) is 0 Å². The molecule has 0 bridgehead atoms. The molecule has 1 saturated heterocycles. The number of hydrogen-bond donors (Lipinski definition) is 1. The van der Waals surface area contributed by atoms with Crippen molar-refractivity contribution >= 4 is 45.1 Å². The molecule has 1 heterocycles. The topological polar surface area (TPSA) is 102 Å². The standard InChI is InChI=1S/C16H15BrN2O4S/c1-16(2)22-14(20)12(15(21)23-16)11(10(7-18)13(19)24)8-3-5-9(17)6-4-8/h3-6,10-12H,1-2H3,(H2,19,24)/t10-,11+/m0/s1. The van der Waals surface area contributed by atoms with Crippen LogP contribution in [0.2, 0.25) is 0 Å². The molecule has 0 aliphatic carbocycles. The van der Waals surface area contributed by atoms with Crippen LogP contribution < -0.4 is 5.73 Å². The summed E-state index contributed by atoms with van der Waals surface area (Å²) < 4.78 is 11.2. The predicted molar refractivity (Wildman–Crippen MR) is 92.5 cm³/mol. The van der Waals surface area contributed by atoms with E-state index in [1.54, 1.807) is 24.3 Å². The van der Waals surface area contributed by atoms with Crippen LogP contribution in [0.15, 0.2) is 28.7 Å². The first kappa shape index (κ1) is 18.4. The maximum Gasteiger partial charge on any atom is 0.324 e. The third-order valence-corrected chi connectivity index (χ3v) is 4.40. The molecular formula is C16H15BrN2O4S. The van der Waals surface area contributed by atoms with Crippen molar-refractivity contribution in [2.24, 2.45) is 17.6 Å². The summed E-state index contributed by atoms with van der Waals surface area (Å²) >= 11 is 8.27. The number of esters is 2. The van der Waals surface area contributed by atoms with Crippen LogP contribution in [0.25, 0.3) is 0 Å². The molecule has 0 radical (unpaired) electrons. The van der Waals surface area contributed by atoms with Crippen molar-refractivity contribution in [2.75, 3.05) is 0 Å². The van der Waals surface area contributed by atoms with E-state index in [0.29, 0.717) is 5.56 Å². The molecular weight excluding hydrogens is 396 g/mol. The van der Waals surface area contributed by atoms with Gasteiger partial charge in [-0.2, -0.15) is 5.26 Å². The number of halogens is 1. The molecule has 6 nitrogen and oxygen atoms in total. The third kappa shape index (κ3) is 3.74. The van der Waals surface area contributed by atoms with Crippen LogP contribution in [0.4, 0.5) is 0 Å². The smallest absolute Gasteiger partial charge is 0.324 e. The highest BCUT2D eigenvalue weighted by atomic mass is 79.9. The van der Waals surface area contributed by atoms with Crippen molar-refractivity contribution < 1.29 is 19.1 Å². The summed E-state index contributed by atoms with van der Waals surface area (Å²) in [5, 5.41) is 9.46. The predicted octanol–water partition coefficient (Wildman–Crippen LogP) is 2.41. The first-order valence-corrected chi connectivity index (χ1v) is 8.26. The number of nitriles is 1. The molecule has 0 aromatic heterocycles. The van der Waals surface area contributed by atoms with Gasteiger partial charge in [-0.1, -0.05) is 40.3 Å². The SMILES string of the molecule is CC1(C)OC(=O)C([C@H](c2ccc(Br)cc2)[C@H](C#N)C(N)=S)C(=O)O1. The molecule has 24 heavy (non-hydrogen) atoms. The van der Waals surface area contributed by atoms with Gasteiger partial charge in [0.05, 0.1) is 11.1 Å². The molecule has 0 saturated carbocycles. The molecule has 1 aliphatic rings. The highest BCUT2D eigenvalue weighted by Crippen LogP contribution is 2.38. The second-order valence-electron chi connectivity index (χ2n) is 5.81. The lowest BCUT2D eigenvalue weighted by atomic mass is 9.76. The normalized spacial score (nSPS) is 19.6. The lowest BCUT2D eigenvalue weighted by Crippen LogP contribution is -2.50. The van der Waals surface area contributed by atoms with Gasteiger partial charge in [0.15, 0.2) is 5.92 Å². The number of nitrogens with zero attached hydrogens (tertiary/aromatic N) is 1. The fourth-order valence-electron chi connectivity index (χ4n) is 2.60. The first-order valence-electron chi connectivity index (χ1n) is 7.06. The van der Waals surface area contributed by atoms with Gasteiger partial charge in [-0.05, 0) is 17.7 Å².